The molecule has 4 aromatic heterocycles. The van der Waals surface area contributed by atoms with Crippen LogP contribution in [0.25, 0.3) is 117 Å². The molecule has 12 rings (SSSR count). The third-order valence-electron chi connectivity index (χ3n) is 11.1. The lowest BCUT2D eigenvalue weighted by Gasteiger charge is -2.10. The van der Waals surface area contributed by atoms with Crippen molar-refractivity contribution in [3.05, 3.63) is 182 Å². The predicted molar refractivity (Wildman–Crippen MR) is 230 cm³/mol. The number of hydrogen-bond donors (Lipinski definition) is 0. The number of rotatable bonds is 5. The van der Waals surface area contributed by atoms with Crippen molar-refractivity contribution in [3.8, 4) is 51.0 Å². The number of fused-ring (bicyclic) bond motifs is 9. The average molecular weight is 731 g/mol. The zero-order valence-corrected chi connectivity index (χ0v) is 30.4. The van der Waals surface area contributed by atoms with Gasteiger partial charge in [-0.2, -0.15) is 0 Å². The van der Waals surface area contributed by atoms with E-state index in [4.69, 9.17) is 23.8 Å². The second kappa shape index (κ2) is 12.3. The third-order valence-corrected chi connectivity index (χ3v) is 11.1. The van der Waals surface area contributed by atoms with E-state index in [0.717, 1.165) is 88.4 Å². The van der Waals surface area contributed by atoms with Crippen molar-refractivity contribution < 1.29 is 8.83 Å². The zero-order chi connectivity index (χ0) is 37.5. The molecule has 12 aromatic rings. The summed E-state index contributed by atoms with van der Waals surface area (Å²) in [5.41, 5.74) is 11.6. The molecule has 57 heavy (non-hydrogen) atoms. The van der Waals surface area contributed by atoms with Crippen molar-refractivity contribution in [1.82, 2.24) is 19.5 Å². The van der Waals surface area contributed by atoms with Crippen LogP contribution in [0.1, 0.15) is 0 Å². The first-order valence-corrected chi connectivity index (χ1v) is 19.0. The summed E-state index contributed by atoms with van der Waals surface area (Å²) >= 11 is 0. The highest BCUT2D eigenvalue weighted by molar-refractivity contribution is 6.17. The number of benzene rings is 8. The maximum atomic E-state index is 6.61. The Morgan fingerprint density at radius 2 is 0.895 bits per heavy atom. The fourth-order valence-electron chi connectivity index (χ4n) is 8.49. The molecule has 6 nitrogen and oxygen atoms in total. The number of nitrogens with zero attached hydrogens (tertiary/aromatic N) is 4. The van der Waals surface area contributed by atoms with Gasteiger partial charge in [0.05, 0.1) is 22.1 Å². The molecule has 6 heteroatoms. The molecule has 0 radical (unpaired) electrons. The molecule has 0 amide bonds. The lowest BCUT2D eigenvalue weighted by atomic mass is 9.97. The second-order valence-corrected chi connectivity index (χ2v) is 14.4. The first-order valence-electron chi connectivity index (χ1n) is 19.0. The van der Waals surface area contributed by atoms with Crippen LogP contribution < -0.4 is 0 Å². The van der Waals surface area contributed by atoms with Gasteiger partial charge < -0.3 is 13.4 Å². The van der Waals surface area contributed by atoms with E-state index in [-0.39, 0.29) is 0 Å². The maximum absolute atomic E-state index is 6.61. The quantitative estimate of drug-likeness (QED) is 0.176. The minimum absolute atomic E-state index is 0.585. The van der Waals surface area contributed by atoms with Crippen molar-refractivity contribution >= 4 is 65.7 Å². The largest absolute Gasteiger partial charge is 0.456 e. The molecule has 4 heterocycles. The van der Waals surface area contributed by atoms with E-state index in [0.29, 0.717) is 17.5 Å². The molecule has 0 aliphatic heterocycles. The number of furan rings is 2. The maximum Gasteiger partial charge on any atom is 0.164 e. The molecular weight excluding hydrogens is 701 g/mol. The van der Waals surface area contributed by atoms with Crippen molar-refractivity contribution in [2.24, 2.45) is 0 Å². The van der Waals surface area contributed by atoms with Gasteiger partial charge in [-0.25, -0.2) is 15.0 Å². The summed E-state index contributed by atoms with van der Waals surface area (Å²) in [7, 11) is 0. The monoisotopic (exact) mass is 730 g/mol. The molecule has 0 bridgehead atoms. The van der Waals surface area contributed by atoms with Crippen LogP contribution in [0.2, 0.25) is 0 Å². The average Bonchev–Trinajstić information content (AvgIpc) is 3.96. The molecule has 0 saturated heterocycles. The molecule has 266 valence electrons. The van der Waals surface area contributed by atoms with E-state index in [1.165, 1.54) is 10.8 Å². The van der Waals surface area contributed by atoms with Crippen LogP contribution in [0.4, 0.5) is 0 Å². The van der Waals surface area contributed by atoms with Gasteiger partial charge in [-0.3, -0.25) is 0 Å². The van der Waals surface area contributed by atoms with Gasteiger partial charge in [0.1, 0.15) is 22.3 Å². The normalized spacial score (nSPS) is 11.9. The van der Waals surface area contributed by atoms with Crippen molar-refractivity contribution in [2.75, 3.05) is 0 Å². The molecule has 0 aliphatic carbocycles. The van der Waals surface area contributed by atoms with Gasteiger partial charge in [-0.1, -0.05) is 127 Å². The number of aromatic nitrogens is 4. The molecule has 0 N–H and O–H groups in total. The Morgan fingerprint density at radius 1 is 0.333 bits per heavy atom. The molecule has 0 aliphatic rings. The fourth-order valence-corrected chi connectivity index (χ4v) is 8.49. The lowest BCUT2D eigenvalue weighted by molar-refractivity contribution is 0.668. The van der Waals surface area contributed by atoms with Crippen molar-refractivity contribution in [3.63, 3.8) is 0 Å². The second-order valence-electron chi connectivity index (χ2n) is 14.4. The molecular formula is C51H30N4O2. The van der Waals surface area contributed by atoms with Gasteiger partial charge >= 0.3 is 0 Å². The topological polar surface area (TPSA) is 69.9 Å². The highest BCUT2D eigenvalue weighted by atomic mass is 16.3. The van der Waals surface area contributed by atoms with E-state index in [9.17, 15) is 0 Å². The van der Waals surface area contributed by atoms with Crippen LogP contribution >= 0.6 is 0 Å². The van der Waals surface area contributed by atoms with Crippen molar-refractivity contribution in [2.45, 2.75) is 0 Å². The van der Waals surface area contributed by atoms with E-state index in [2.05, 4.69) is 114 Å². The molecule has 0 saturated carbocycles. The van der Waals surface area contributed by atoms with Gasteiger partial charge in [0.2, 0.25) is 0 Å². The Balaban J connectivity index is 1.02. The number of para-hydroxylation sites is 2. The molecule has 0 spiro atoms. The Labute approximate surface area is 325 Å². The summed E-state index contributed by atoms with van der Waals surface area (Å²) < 4.78 is 15.5. The van der Waals surface area contributed by atoms with E-state index >= 15 is 0 Å². The van der Waals surface area contributed by atoms with Crippen LogP contribution in [-0.4, -0.2) is 19.5 Å². The molecule has 8 aromatic carbocycles. The summed E-state index contributed by atoms with van der Waals surface area (Å²) in [5.74, 6) is 1.83. The summed E-state index contributed by atoms with van der Waals surface area (Å²) in [6, 6.07) is 62.7. The van der Waals surface area contributed by atoms with Crippen LogP contribution in [0, 0.1) is 0 Å². The number of hydrogen-bond acceptors (Lipinski definition) is 5. The Morgan fingerprint density at radius 3 is 1.58 bits per heavy atom. The highest BCUT2D eigenvalue weighted by Gasteiger charge is 2.20. The lowest BCUT2D eigenvalue weighted by Crippen LogP contribution is -2.00. The van der Waals surface area contributed by atoms with Gasteiger partial charge in [-0.05, 0) is 65.7 Å². The zero-order valence-electron chi connectivity index (χ0n) is 30.4. The van der Waals surface area contributed by atoms with E-state index in [1.807, 2.05) is 72.8 Å². The summed E-state index contributed by atoms with van der Waals surface area (Å²) in [6.07, 6.45) is 0. The van der Waals surface area contributed by atoms with Crippen LogP contribution in [0.5, 0.6) is 0 Å². The van der Waals surface area contributed by atoms with Gasteiger partial charge in [0.15, 0.2) is 17.5 Å². The van der Waals surface area contributed by atoms with Crippen molar-refractivity contribution in [1.29, 1.82) is 0 Å². The molecule has 0 unspecified atom stereocenters. The van der Waals surface area contributed by atoms with Gasteiger partial charge in [0.25, 0.3) is 0 Å². The summed E-state index contributed by atoms with van der Waals surface area (Å²) in [5, 5.41) is 6.67. The minimum Gasteiger partial charge on any atom is -0.456 e. The van der Waals surface area contributed by atoms with E-state index < -0.39 is 0 Å². The summed E-state index contributed by atoms with van der Waals surface area (Å²) in [6.45, 7) is 0. The molecule has 0 atom stereocenters. The minimum atomic E-state index is 0.585. The van der Waals surface area contributed by atoms with Gasteiger partial charge in [0, 0.05) is 43.6 Å². The Bertz CT molecular complexity index is 3410. The third kappa shape index (κ3) is 4.94. The Kier molecular flexibility index (Phi) is 6.83. The fraction of sp³-hybridized carbons (Fsp3) is 0. The van der Waals surface area contributed by atoms with Crippen LogP contribution in [-0.2, 0) is 0 Å². The van der Waals surface area contributed by atoms with E-state index in [1.54, 1.807) is 0 Å². The van der Waals surface area contributed by atoms with Gasteiger partial charge in [-0.15, -0.1) is 0 Å². The first-order chi connectivity index (χ1) is 28.2. The highest BCUT2D eigenvalue weighted by Crippen LogP contribution is 2.42. The molecule has 0 fully saturated rings. The van der Waals surface area contributed by atoms with Crippen LogP contribution in [0.3, 0.4) is 0 Å². The SMILES string of the molecule is c1ccc(-c2nc(-c3ccccc3)nc(-c3ccc4c(c3)oc3cccc(-c5ccc6oc7cccc(-n8c9ccccc9c9ccccc98)c7c6c5)c34)n2)cc1. The van der Waals surface area contributed by atoms with Crippen LogP contribution in [0.15, 0.2) is 191 Å². The predicted octanol–water partition coefficient (Wildman–Crippen LogP) is 13.4. The first kappa shape index (κ1) is 31.5. The summed E-state index contributed by atoms with van der Waals surface area (Å²) in [4.78, 5) is 14.8. The Hall–Kier alpha value is -7.83. The standard InChI is InChI=1S/C51H30N4O2/c1-3-13-31(14-4-1)49-52-50(32-15-5-2-6-16-32)54-51(53-49)34-25-27-38-46(30-34)57-44-23-11-19-35(47(38)44)33-26-28-43-39(29-33)48-42(22-12-24-45(48)56-43)55-40-20-9-7-17-36(40)37-18-8-10-21-41(37)55/h1-30H. The smallest absolute Gasteiger partial charge is 0.164 e.